The number of rotatable bonds is 14. The van der Waals surface area contributed by atoms with Gasteiger partial charge in [-0.15, -0.1) is 0 Å². The summed E-state index contributed by atoms with van der Waals surface area (Å²) in [4.78, 5) is 28.7. The molecular formula is C31H37FN2O4. The summed E-state index contributed by atoms with van der Waals surface area (Å²) in [6.07, 6.45) is 1.84. The summed E-state index contributed by atoms with van der Waals surface area (Å²) in [7, 11) is 1.60. The summed E-state index contributed by atoms with van der Waals surface area (Å²) >= 11 is 0. The van der Waals surface area contributed by atoms with Crippen LogP contribution in [0.15, 0.2) is 78.9 Å². The average molecular weight is 521 g/mol. The zero-order valence-electron chi connectivity index (χ0n) is 22.4. The molecule has 6 nitrogen and oxygen atoms in total. The normalized spacial score (nSPS) is 12.3. The molecule has 0 saturated heterocycles. The predicted octanol–water partition coefficient (Wildman–Crippen LogP) is 5.55. The number of amides is 2. The van der Waals surface area contributed by atoms with Gasteiger partial charge in [-0.2, -0.15) is 0 Å². The minimum Gasteiger partial charge on any atom is -0.497 e. The third kappa shape index (κ3) is 8.91. The molecule has 3 rings (SSSR count). The van der Waals surface area contributed by atoms with E-state index in [1.807, 2.05) is 68.4 Å². The van der Waals surface area contributed by atoms with Crippen LogP contribution in [0.4, 0.5) is 4.39 Å². The first kappa shape index (κ1) is 28.7. The molecule has 3 aromatic rings. The van der Waals surface area contributed by atoms with Crippen LogP contribution in [0.5, 0.6) is 11.5 Å². The lowest BCUT2D eigenvalue weighted by Gasteiger charge is -2.32. The second-order valence-corrected chi connectivity index (χ2v) is 9.30. The lowest BCUT2D eigenvalue weighted by atomic mass is 10.0. The maximum Gasteiger partial charge on any atom is 0.243 e. The number of carbonyl (C=O) groups excluding carboxylic acids is 2. The maximum atomic E-state index is 13.6. The van der Waals surface area contributed by atoms with Gasteiger partial charge in [-0.25, -0.2) is 4.39 Å². The fourth-order valence-electron chi connectivity index (χ4n) is 4.01. The summed E-state index contributed by atoms with van der Waals surface area (Å²) < 4.78 is 24.5. The molecule has 0 heterocycles. The molecule has 0 aliphatic heterocycles. The fourth-order valence-corrected chi connectivity index (χ4v) is 4.01. The summed E-state index contributed by atoms with van der Waals surface area (Å²) in [5.74, 6) is 0.721. The Morgan fingerprint density at radius 2 is 1.58 bits per heavy atom. The Labute approximate surface area is 224 Å². The van der Waals surface area contributed by atoms with Crippen molar-refractivity contribution in [3.8, 4) is 11.5 Å². The smallest absolute Gasteiger partial charge is 0.243 e. The Hall–Kier alpha value is -3.87. The van der Waals surface area contributed by atoms with Crippen molar-refractivity contribution in [2.24, 2.45) is 0 Å². The van der Waals surface area contributed by atoms with Gasteiger partial charge in [0.15, 0.2) is 0 Å². The van der Waals surface area contributed by atoms with Gasteiger partial charge in [0, 0.05) is 25.4 Å². The number of methoxy groups -OCH3 is 1. The van der Waals surface area contributed by atoms with Crippen LogP contribution < -0.4 is 14.8 Å². The standard InChI is InChI=1S/C31H37FN2O4/c1-4-23(2)33-31(36)29(21-24-9-6-5-7-10-24)34(22-25-12-14-26(32)15-13-25)30(35)11-8-20-38-28-18-16-27(37-3)17-19-28/h5-7,9-10,12-19,23,29H,4,8,11,20-22H2,1-3H3,(H,33,36)/t23-,29+/m0/s1. The van der Waals surface area contributed by atoms with Crippen LogP contribution in [0.3, 0.4) is 0 Å². The highest BCUT2D eigenvalue weighted by molar-refractivity contribution is 5.88. The minimum absolute atomic E-state index is 0.0264. The zero-order valence-corrected chi connectivity index (χ0v) is 22.4. The number of carbonyl (C=O) groups is 2. The van der Waals surface area contributed by atoms with Crippen LogP contribution >= 0.6 is 0 Å². The van der Waals surface area contributed by atoms with E-state index < -0.39 is 6.04 Å². The molecule has 0 fully saturated rings. The van der Waals surface area contributed by atoms with Crippen molar-refractivity contribution in [1.29, 1.82) is 0 Å². The molecule has 2 amide bonds. The topological polar surface area (TPSA) is 67.9 Å². The van der Waals surface area contributed by atoms with E-state index in [1.54, 1.807) is 24.1 Å². The third-order valence-corrected chi connectivity index (χ3v) is 6.40. The molecule has 0 aliphatic rings. The molecular weight excluding hydrogens is 483 g/mol. The van der Waals surface area contributed by atoms with E-state index >= 15 is 0 Å². The quantitative estimate of drug-likeness (QED) is 0.283. The zero-order chi connectivity index (χ0) is 27.3. The third-order valence-electron chi connectivity index (χ3n) is 6.40. The highest BCUT2D eigenvalue weighted by Crippen LogP contribution is 2.19. The van der Waals surface area contributed by atoms with Crippen molar-refractivity contribution < 1.29 is 23.5 Å². The van der Waals surface area contributed by atoms with E-state index in [0.29, 0.717) is 25.2 Å². The molecule has 38 heavy (non-hydrogen) atoms. The van der Waals surface area contributed by atoms with Crippen LogP contribution in [-0.2, 0) is 22.6 Å². The van der Waals surface area contributed by atoms with Crippen LogP contribution in [0, 0.1) is 5.82 Å². The highest BCUT2D eigenvalue weighted by Gasteiger charge is 2.30. The van der Waals surface area contributed by atoms with Gasteiger partial charge in [0.05, 0.1) is 13.7 Å². The largest absolute Gasteiger partial charge is 0.497 e. The van der Waals surface area contributed by atoms with Crippen molar-refractivity contribution in [3.63, 3.8) is 0 Å². The van der Waals surface area contributed by atoms with Gasteiger partial charge in [-0.1, -0.05) is 49.4 Å². The number of halogens is 1. The lowest BCUT2D eigenvalue weighted by Crippen LogP contribution is -2.52. The summed E-state index contributed by atoms with van der Waals surface area (Å²) in [6, 6.07) is 22.2. The monoisotopic (exact) mass is 520 g/mol. The first-order valence-electron chi connectivity index (χ1n) is 13.0. The maximum absolute atomic E-state index is 13.6. The summed E-state index contributed by atoms with van der Waals surface area (Å²) in [5, 5.41) is 3.05. The first-order valence-corrected chi connectivity index (χ1v) is 13.0. The molecule has 0 aliphatic carbocycles. The van der Waals surface area contributed by atoms with Crippen LogP contribution in [-0.4, -0.2) is 42.5 Å². The number of ether oxygens (including phenoxy) is 2. The Morgan fingerprint density at radius 3 is 2.21 bits per heavy atom. The van der Waals surface area contributed by atoms with Gasteiger partial charge < -0.3 is 19.7 Å². The molecule has 7 heteroatoms. The Bertz CT molecular complexity index is 1140. The van der Waals surface area contributed by atoms with Crippen molar-refractivity contribution in [1.82, 2.24) is 10.2 Å². The average Bonchev–Trinajstić information content (AvgIpc) is 2.94. The Kier molecular flexibility index (Phi) is 11.1. The number of hydrogen-bond donors (Lipinski definition) is 1. The van der Waals surface area contributed by atoms with Crippen LogP contribution in [0.1, 0.15) is 44.2 Å². The Morgan fingerprint density at radius 1 is 0.921 bits per heavy atom. The van der Waals surface area contributed by atoms with E-state index in [4.69, 9.17) is 9.47 Å². The molecule has 0 spiro atoms. The number of nitrogens with zero attached hydrogens (tertiary/aromatic N) is 1. The van der Waals surface area contributed by atoms with Gasteiger partial charge in [-0.05, 0) is 67.3 Å². The van der Waals surface area contributed by atoms with Gasteiger partial charge in [0.2, 0.25) is 11.8 Å². The Balaban J connectivity index is 1.77. The molecule has 3 aromatic carbocycles. The van der Waals surface area contributed by atoms with Crippen molar-refractivity contribution in [2.45, 2.75) is 58.2 Å². The van der Waals surface area contributed by atoms with Crippen molar-refractivity contribution >= 4 is 11.8 Å². The molecule has 0 aromatic heterocycles. The number of benzene rings is 3. The number of nitrogens with one attached hydrogen (secondary N) is 1. The molecule has 202 valence electrons. The van der Waals surface area contributed by atoms with E-state index in [0.717, 1.165) is 23.3 Å². The van der Waals surface area contributed by atoms with E-state index in [-0.39, 0.29) is 36.6 Å². The van der Waals surface area contributed by atoms with E-state index in [2.05, 4.69) is 5.32 Å². The molecule has 0 radical (unpaired) electrons. The van der Waals surface area contributed by atoms with E-state index in [9.17, 15) is 14.0 Å². The van der Waals surface area contributed by atoms with Gasteiger partial charge in [0.25, 0.3) is 0 Å². The second-order valence-electron chi connectivity index (χ2n) is 9.30. The second kappa shape index (κ2) is 14.8. The molecule has 2 atom stereocenters. The van der Waals surface area contributed by atoms with Gasteiger partial charge in [-0.3, -0.25) is 9.59 Å². The summed E-state index contributed by atoms with van der Waals surface area (Å²) in [5.41, 5.74) is 1.71. The SMILES string of the molecule is CC[C@H](C)NC(=O)[C@@H](Cc1ccccc1)N(Cc1ccc(F)cc1)C(=O)CCCOc1ccc(OC)cc1. The molecule has 0 unspecified atom stereocenters. The van der Waals surface area contributed by atoms with Gasteiger partial charge in [0.1, 0.15) is 23.4 Å². The van der Waals surface area contributed by atoms with Crippen LogP contribution in [0.2, 0.25) is 0 Å². The van der Waals surface area contributed by atoms with Crippen LogP contribution in [0.25, 0.3) is 0 Å². The minimum atomic E-state index is -0.716. The molecule has 0 saturated carbocycles. The van der Waals surface area contributed by atoms with E-state index in [1.165, 1.54) is 12.1 Å². The highest BCUT2D eigenvalue weighted by atomic mass is 19.1. The van der Waals surface area contributed by atoms with Gasteiger partial charge >= 0.3 is 0 Å². The predicted molar refractivity (Wildman–Crippen MR) is 147 cm³/mol. The molecule has 0 bridgehead atoms. The van der Waals surface area contributed by atoms with Crippen molar-refractivity contribution in [3.05, 3.63) is 95.8 Å². The summed E-state index contributed by atoms with van der Waals surface area (Å²) in [6.45, 7) is 4.50. The molecule has 1 N–H and O–H groups in total. The lowest BCUT2D eigenvalue weighted by molar-refractivity contribution is -0.141. The fraction of sp³-hybridized carbons (Fsp3) is 0.355. The number of hydrogen-bond acceptors (Lipinski definition) is 4. The van der Waals surface area contributed by atoms with Crippen molar-refractivity contribution in [2.75, 3.05) is 13.7 Å². The first-order chi connectivity index (χ1) is 18.4.